The molecule has 53 heavy (non-hydrogen) atoms. The SMILES string of the molecule is C#C[Si](C)(C)C.Cc1c(C#C[Si](C)(C)C)c(N(C)C)nn1-c1ccc(OC(F)(F)F)cc1.Cc1c(I)c(N(C)C)nn1-c1ccc(OC(F)(F)F)cc1. The molecule has 0 fully saturated rings. The van der Waals surface area contributed by atoms with Gasteiger partial charge in [-0.25, -0.2) is 9.36 Å². The molecular weight excluding hydrogens is 845 g/mol. The van der Waals surface area contributed by atoms with Gasteiger partial charge in [-0.3, -0.25) is 0 Å². The largest absolute Gasteiger partial charge is 0.573 e. The monoisotopic (exact) mass is 890 g/mol. The summed E-state index contributed by atoms with van der Waals surface area (Å²) >= 11 is 2.19. The summed E-state index contributed by atoms with van der Waals surface area (Å²) in [7, 11) is 4.86. The van der Waals surface area contributed by atoms with Crippen molar-refractivity contribution in [1.29, 1.82) is 0 Å². The molecule has 0 unspecified atom stereocenters. The minimum absolute atomic E-state index is 0.251. The molecule has 0 saturated heterocycles. The van der Waals surface area contributed by atoms with E-state index in [0.29, 0.717) is 11.4 Å². The second kappa shape index (κ2) is 17.8. The van der Waals surface area contributed by atoms with Crippen LogP contribution in [0, 0.1) is 40.8 Å². The van der Waals surface area contributed by atoms with E-state index in [2.05, 4.69) is 98.6 Å². The van der Waals surface area contributed by atoms with Crippen LogP contribution in [0.1, 0.15) is 17.0 Å². The van der Waals surface area contributed by atoms with E-state index in [1.165, 1.54) is 48.5 Å². The van der Waals surface area contributed by atoms with Gasteiger partial charge in [-0.2, -0.15) is 0 Å². The predicted molar refractivity (Wildman–Crippen MR) is 214 cm³/mol. The third kappa shape index (κ3) is 14.7. The third-order valence-electron chi connectivity index (χ3n) is 6.60. The molecule has 0 amide bonds. The maximum Gasteiger partial charge on any atom is 0.573 e. The molecule has 4 aromatic rings. The fourth-order valence-electron chi connectivity index (χ4n) is 4.03. The van der Waals surface area contributed by atoms with Crippen molar-refractivity contribution in [3.63, 3.8) is 0 Å². The molecule has 0 saturated carbocycles. The molecule has 0 atom stereocenters. The molecule has 0 aliphatic heterocycles. The molecule has 0 radical (unpaired) electrons. The molecule has 0 N–H and O–H groups in total. The van der Waals surface area contributed by atoms with Crippen molar-refractivity contribution in [2.24, 2.45) is 0 Å². The maximum absolute atomic E-state index is 12.3. The van der Waals surface area contributed by atoms with Gasteiger partial charge in [-0.05, 0) is 85.0 Å². The highest BCUT2D eigenvalue weighted by Gasteiger charge is 2.32. The van der Waals surface area contributed by atoms with Gasteiger partial charge in [0.15, 0.2) is 11.6 Å². The van der Waals surface area contributed by atoms with Gasteiger partial charge in [0.05, 0.1) is 31.9 Å². The number of hydrogen-bond acceptors (Lipinski definition) is 6. The predicted octanol–water partition coefficient (Wildman–Crippen LogP) is 9.62. The van der Waals surface area contributed by atoms with Crippen LogP contribution in [-0.2, 0) is 0 Å². The van der Waals surface area contributed by atoms with Gasteiger partial charge in [0.25, 0.3) is 0 Å². The Hall–Kier alpha value is -4.08. The highest BCUT2D eigenvalue weighted by molar-refractivity contribution is 14.1. The minimum Gasteiger partial charge on any atom is -0.406 e. The Morgan fingerprint density at radius 1 is 0.660 bits per heavy atom. The zero-order valence-electron chi connectivity index (χ0n) is 31.8. The molecule has 17 heteroatoms. The molecular formula is C36H45F6IN6O2Si2. The van der Waals surface area contributed by atoms with Crippen LogP contribution < -0.4 is 19.3 Å². The van der Waals surface area contributed by atoms with Gasteiger partial charge < -0.3 is 19.3 Å². The van der Waals surface area contributed by atoms with E-state index in [1.54, 1.807) is 9.36 Å². The number of terminal acetylenes is 1. The van der Waals surface area contributed by atoms with Crippen LogP contribution in [0.25, 0.3) is 11.4 Å². The standard InChI is InChI=1S/C18H22F3N3OSi.C13H13F3IN3O.C5H10Si/c1-13-16(11-12-26(4,5)6)17(23(2)3)22-24(13)14-7-9-15(10-8-14)25-18(19,20)21;1-8-11(17)12(19(2)3)18-20(8)9-4-6-10(7-5-9)21-13(14,15)16;1-5-6(2,3)4/h7-10H,1-6H3;4-7H,1-3H3;1H,2-4H3. The molecule has 0 bridgehead atoms. The molecule has 288 valence electrons. The van der Waals surface area contributed by atoms with Crippen molar-refractivity contribution < 1.29 is 35.8 Å². The lowest BCUT2D eigenvalue weighted by molar-refractivity contribution is -0.275. The summed E-state index contributed by atoms with van der Waals surface area (Å²) in [6, 6.07) is 11.2. The normalized spacial score (nSPS) is 11.5. The highest BCUT2D eigenvalue weighted by Crippen LogP contribution is 2.29. The van der Waals surface area contributed by atoms with Gasteiger partial charge in [0.1, 0.15) is 27.6 Å². The molecule has 0 aliphatic carbocycles. The Labute approximate surface area is 323 Å². The van der Waals surface area contributed by atoms with Crippen LogP contribution in [0.3, 0.4) is 0 Å². The van der Waals surface area contributed by atoms with E-state index in [9.17, 15) is 26.3 Å². The average Bonchev–Trinajstić information content (AvgIpc) is 3.51. The van der Waals surface area contributed by atoms with Gasteiger partial charge >= 0.3 is 12.7 Å². The highest BCUT2D eigenvalue weighted by atomic mass is 127. The molecule has 4 rings (SSSR count). The zero-order chi connectivity index (χ0) is 40.7. The van der Waals surface area contributed by atoms with Crippen molar-refractivity contribution in [3.8, 4) is 46.3 Å². The maximum atomic E-state index is 12.3. The van der Waals surface area contributed by atoms with Gasteiger partial charge in [-0.15, -0.1) is 54.1 Å². The van der Waals surface area contributed by atoms with Crippen molar-refractivity contribution in [2.75, 3.05) is 38.0 Å². The average molecular weight is 891 g/mol. The number of ether oxygens (including phenoxy) is 2. The summed E-state index contributed by atoms with van der Waals surface area (Å²) in [4.78, 5) is 3.76. The zero-order valence-corrected chi connectivity index (χ0v) is 36.0. The lowest BCUT2D eigenvalue weighted by Gasteiger charge is -2.10. The molecule has 2 aromatic heterocycles. The van der Waals surface area contributed by atoms with Crippen LogP contribution in [0.4, 0.5) is 38.0 Å². The Balaban J connectivity index is 0.000000323. The van der Waals surface area contributed by atoms with E-state index < -0.39 is 28.9 Å². The summed E-state index contributed by atoms with van der Waals surface area (Å²) in [5.41, 5.74) is 9.98. The number of benzene rings is 2. The quantitative estimate of drug-likeness (QED) is 0.0833. The summed E-state index contributed by atoms with van der Waals surface area (Å²) in [5, 5.41) is 9.03. The number of halogens is 7. The Kier molecular flexibility index (Phi) is 15.2. The van der Waals surface area contributed by atoms with E-state index in [0.717, 1.165) is 32.2 Å². The first kappa shape index (κ1) is 45.1. The van der Waals surface area contributed by atoms with Crippen LogP contribution in [0.2, 0.25) is 39.3 Å². The lowest BCUT2D eigenvalue weighted by atomic mass is 10.2. The van der Waals surface area contributed by atoms with E-state index in [-0.39, 0.29) is 11.5 Å². The number of alkyl halides is 6. The van der Waals surface area contributed by atoms with Crippen molar-refractivity contribution in [3.05, 3.63) is 69.1 Å². The number of aromatic nitrogens is 4. The first-order valence-electron chi connectivity index (χ1n) is 16.0. The Morgan fingerprint density at radius 3 is 1.32 bits per heavy atom. The van der Waals surface area contributed by atoms with Crippen LogP contribution in [0.5, 0.6) is 11.5 Å². The topological polar surface area (TPSA) is 60.6 Å². The second-order valence-corrected chi connectivity index (χ2v) is 24.7. The van der Waals surface area contributed by atoms with Crippen LogP contribution in [0.15, 0.2) is 48.5 Å². The summed E-state index contributed by atoms with van der Waals surface area (Å²) in [5.74, 6) is 4.27. The van der Waals surface area contributed by atoms with Gasteiger partial charge in [0, 0.05) is 28.2 Å². The fraction of sp³-hybridized carbons (Fsp3) is 0.389. The summed E-state index contributed by atoms with van der Waals surface area (Å²) in [6.07, 6.45) is -4.27. The van der Waals surface area contributed by atoms with Crippen molar-refractivity contribution in [1.82, 2.24) is 19.6 Å². The number of rotatable bonds is 6. The number of hydrogen-bond donors (Lipinski definition) is 0. The van der Waals surface area contributed by atoms with E-state index in [1.807, 2.05) is 51.8 Å². The van der Waals surface area contributed by atoms with Crippen LogP contribution >= 0.6 is 22.6 Å². The first-order valence-corrected chi connectivity index (χ1v) is 24.1. The number of anilines is 2. The molecule has 0 aliphatic rings. The summed E-state index contributed by atoms with van der Waals surface area (Å²) < 4.78 is 85.4. The molecule has 0 spiro atoms. The number of nitrogens with zero attached hydrogens (tertiary/aromatic N) is 6. The smallest absolute Gasteiger partial charge is 0.406 e. The molecule has 2 aromatic carbocycles. The molecule has 8 nitrogen and oxygen atoms in total. The van der Waals surface area contributed by atoms with Crippen molar-refractivity contribution >= 4 is 50.4 Å². The Bertz CT molecular complexity index is 1920. The van der Waals surface area contributed by atoms with Gasteiger partial charge in [0.2, 0.25) is 0 Å². The van der Waals surface area contributed by atoms with Gasteiger partial charge in [-0.1, -0.05) is 45.2 Å². The lowest BCUT2D eigenvalue weighted by Crippen LogP contribution is -2.17. The molecule has 2 heterocycles. The second-order valence-electron chi connectivity index (χ2n) is 14.1. The summed E-state index contributed by atoms with van der Waals surface area (Å²) in [6.45, 7) is 16.7. The fourth-order valence-corrected chi connectivity index (χ4v) is 5.35. The van der Waals surface area contributed by atoms with Crippen molar-refractivity contribution in [2.45, 2.75) is 65.9 Å². The van der Waals surface area contributed by atoms with E-state index in [4.69, 9.17) is 6.42 Å². The first-order chi connectivity index (χ1) is 24.1. The Morgan fingerprint density at radius 2 is 1.02 bits per heavy atom. The van der Waals surface area contributed by atoms with Crippen LogP contribution in [-0.4, -0.2) is 76.6 Å². The van der Waals surface area contributed by atoms with E-state index >= 15 is 0 Å². The third-order valence-corrected chi connectivity index (χ3v) is 9.60. The minimum atomic E-state index is -4.71.